The highest BCUT2D eigenvalue weighted by Crippen LogP contribution is 2.17. The molecule has 1 aromatic carbocycles. The zero-order valence-electron chi connectivity index (χ0n) is 10.6. The van der Waals surface area contributed by atoms with E-state index in [9.17, 15) is 0 Å². The fourth-order valence-electron chi connectivity index (χ4n) is 1.23. The van der Waals surface area contributed by atoms with Gasteiger partial charge in [-0.1, -0.05) is 11.6 Å². The lowest BCUT2D eigenvalue weighted by Gasteiger charge is -2.09. The van der Waals surface area contributed by atoms with Crippen molar-refractivity contribution < 1.29 is 9.31 Å². The fourth-order valence-corrected chi connectivity index (χ4v) is 1.36. The highest BCUT2D eigenvalue weighted by Gasteiger charge is 2.03. The smallest absolute Gasteiger partial charge is 0.207 e. The first kappa shape index (κ1) is 13.6. The summed E-state index contributed by atoms with van der Waals surface area (Å²) in [6.45, 7) is 0. The van der Waals surface area contributed by atoms with Crippen LogP contribution in [0.2, 0.25) is 5.02 Å². The number of halogens is 1. The Morgan fingerprint density at radius 1 is 1.24 bits per heavy atom. The van der Waals surface area contributed by atoms with Crippen LogP contribution in [-0.4, -0.2) is 43.9 Å². The van der Waals surface area contributed by atoms with Crippen molar-refractivity contribution >= 4 is 17.8 Å². The molecule has 0 saturated heterocycles. The predicted molar refractivity (Wildman–Crippen MR) is 72.0 cm³/mol. The monoisotopic (exact) mass is 253 g/mol. The Labute approximate surface area is 108 Å². The van der Waals surface area contributed by atoms with Gasteiger partial charge in [0, 0.05) is 25.3 Å². The first-order valence-corrected chi connectivity index (χ1v) is 5.68. The Hall–Kier alpha value is -1.48. The van der Waals surface area contributed by atoms with E-state index in [-0.39, 0.29) is 0 Å². The van der Waals surface area contributed by atoms with E-state index < -0.39 is 0 Å². The van der Waals surface area contributed by atoms with Crippen molar-refractivity contribution in [1.82, 2.24) is 4.90 Å². The third-order valence-electron chi connectivity index (χ3n) is 1.82. The standard InChI is InChI=1S/C13H18ClN2O/c1-15(2)9-13(10-16(3)4)17-12-7-5-11(14)6-8-12/h5-10H,1-4H3/q+1. The number of rotatable bonds is 4. The summed E-state index contributed by atoms with van der Waals surface area (Å²) in [5.41, 5.74) is 0. The third-order valence-corrected chi connectivity index (χ3v) is 2.07. The van der Waals surface area contributed by atoms with E-state index in [1.54, 1.807) is 12.1 Å². The maximum Gasteiger partial charge on any atom is 0.207 e. The summed E-state index contributed by atoms with van der Waals surface area (Å²) in [7, 11) is 7.81. The van der Waals surface area contributed by atoms with Crippen molar-refractivity contribution in [3.8, 4) is 5.75 Å². The van der Waals surface area contributed by atoms with Crippen molar-refractivity contribution in [2.75, 3.05) is 28.2 Å². The highest BCUT2D eigenvalue weighted by molar-refractivity contribution is 6.30. The second-order valence-electron chi connectivity index (χ2n) is 4.14. The summed E-state index contributed by atoms with van der Waals surface area (Å²) in [5, 5.41) is 0.701. The van der Waals surface area contributed by atoms with Crippen LogP contribution in [0.1, 0.15) is 0 Å². The van der Waals surface area contributed by atoms with Crippen molar-refractivity contribution in [2.45, 2.75) is 0 Å². The Kier molecular flexibility index (Phi) is 5.04. The number of hydrogen-bond donors (Lipinski definition) is 0. The third kappa shape index (κ3) is 5.41. The number of allylic oxidation sites excluding steroid dienone is 1. The second-order valence-corrected chi connectivity index (χ2v) is 4.58. The van der Waals surface area contributed by atoms with Crippen LogP contribution in [0.15, 0.2) is 36.2 Å². The van der Waals surface area contributed by atoms with Gasteiger partial charge in [0.15, 0.2) is 0 Å². The van der Waals surface area contributed by atoms with Gasteiger partial charge in [-0.3, -0.25) is 0 Å². The molecule has 92 valence electrons. The summed E-state index contributed by atoms with van der Waals surface area (Å²) >= 11 is 5.82. The number of benzene rings is 1. The summed E-state index contributed by atoms with van der Waals surface area (Å²) in [5.74, 6) is 1.53. The summed E-state index contributed by atoms with van der Waals surface area (Å²) < 4.78 is 7.69. The van der Waals surface area contributed by atoms with Crippen LogP contribution >= 0.6 is 11.6 Å². The summed E-state index contributed by atoms with van der Waals surface area (Å²) in [6.07, 6.45) is 3.82. The normalized spacial score (nSPS) is 11.0. The van der Waals surface area contributed by atoms with Gasteiger partial charge in [0.05, 0.1) is 0 Å². The van der Waals surface area contributed by atoms with Gasteiger partial charge < -0.3 is 9.64 Å². The molecule has 17 heavy (non-hydrogen) atoms. The Bertz CT molecular complexity index is 418. The maximum absolute atomic E-state index is 5.82. The van der Waals surface area contributed by atoms with Crippen LogP contribution in [-0.2, 0) is 0 Å². The van der Waals surface area contributed by atoms with Crippen LogP contribution in [0.4, 0.5) is 0 Å². The minimum Gasteiger partial charge on any atom is -0.450 e. The molecule has 4 heteroatoms. The molecule has 0 amide bonds. The fraction of sp³-hybridized carbons (Fsp3) is 0.308. The van der Waals surface area contributed by atoms with E-state index >= 15 is 0 Å². The summed E-state index contributed by atoms with van der Waals surface area (Å²) in [6, 6.07) is 7.30. The lowest BCUT2D eigenvalue weighted by atomic mass is 10.3. The molecule has 0 unspecified atom stereocenters. The van der Waals surface area contributed by atoms with E-state index in [2.05, 4.69) is 0 Å². The number of hydrogen-bond acceptors (Lipinski definition) is 2. The van der Waals surface area contributed by atoms with Crippen molar-refractivity contribution in [2.24, 2.45) is 0 Å². The Morgan fingerprint density at radius 2 is 1.82 bits per heavy atom. The van der Waals surface area contributed by atoms with E-state index in [4.69, 9.17) is 16.3 Å². The van der Waals surface area contributed by atoms with Gasteiger partial charge in [0.25, 0.3) is 0 Å². The molecule has 0 saturated carbocycles. The highest BCUT2D eigenvalue weighted by atomic mass is 35.5. The number of ether oxygens (including phenoxy) is 1. The van der Waals surface area contributed by atoms with Crippen molar-refractivity contribution in [3.05, 3.63) is 41.2 Å². The molecule has 0 radical (unpaired) electrons. The van der Waals surface area contributed by atoms with Gasteiger partial charge in [-0.15, -0.1) is 0 Å². The molecule has 0 N–H and O–H groups in total. The van der Waals surface area contributed by atoms with Crippen molar-refractivity contribution in [1.29, 1.82) is 0 Å². The van der Waals surface area contributed by atoms with E-state index in [1.807, 2.05) is 62.2 Å². The molecule has 0 heterocycles. The summed E-state index contributed by atoms with van der Waals surface area (Å²) in [4.78, 5) is 1.94. The average molecular weight is 254 g/mol. The Balaban J connectivity index is 2.87. The molecule has 0 aliphatic heterocycles. The van der Waals surface area contributed by atoms with Crippen LogP contribution in [0.3, 0.4) is 0 Å². The lowest BCUT2D eigenvalue weighted by Crippen LogP contribution is -2.11. The van der Waals surface area contributed by atoms with E-state index in [0.29, 0.717) is 5.02 Å². The van der Waals surface area contributed by atoms with Crippen LogP contribution in [0, 0.1) is 0 Å². The largest absolute Gasteiger partial charge is 0.450 e. The minimum atomic E-state index is 0.701. The van der Waals surface area contributed by atoms with E-state index in [0.717, 1.165) is 11.5 Å². The molecule has 0 aliphatic carbocycles. The topological polar surface area (TPSA) is 15.5 Å². The van der Waals surface area contributed by atoms with Gasteiger partial charge in [-0.2, -0.15) is 0 Å². The van der Waals surface area contributed by atoms with Crippen LogP contribution < -0.4 is 4.74 Å². The first-order chi connectivity index (χ1) is 7.97. The van der Waals surface area contributed by atoms with Gasteiger partial charge >= 0.3 is 0 Å². The lowest BCUT2D eigenvalue weighted by molar-refractivity contribution is -0.459. The molecular weight excluding hydrogens is 236 g/mol. The molecule has 0 aliphatic rings. The zero-order chi connectivity index (χ0) is 12.8. The van der Waals surface area contributed by atoms with Gasteiger partial charge in [-0.05, 0) is 24.3 Å². The van der Waals surface area contributed by atoms with Crippen LogP contribution in [0.5, 0.6) is 5.75 Å². The SMILES string of the molecule is CN(C)/C=C(/C=[N+](C)C)Oc1ccc(Cl)cc1. The first-order valence-electron chi connectivity index (χ1n) is 5.30. The molecule has 1 aromatic rings. The average Bonchev–Trinajstić information content (AvgIpc) is 2.19. The molecule has 3 nitrogen and oxygen atoms in total. The molecule has 1 rings (SSSR count). The molecular formula is C13H18ClN2O+. The van der Waals surface area contributed by atoms with Gasteiger partial charge in [0.1, 0.15) is 19.8 Å². The second kappa shape index (κ2) is 6.30. The molecule has 0 bridgehead atoms. The Morgan fingerprint density at radius 3 is 2.29 bits per heavy atom. The van der Waals surface area contributed by atoms with Gasteiger partial charge in [-0.25, -0.2) is 4.58 Å². The number of nitrogens with zero attached hydrogens (tertiary/aromatic N) is 2. The van der Waals surface area contributed by atoms with Crippen molar-refractivity contribution in [3.63, 3.8) is 0 Å². The quantitative estimate of drug-likeness (QED) is 0.465. The van der Waals surface area contributed by atoms with Gasteiger partial charge in [0.2, 0.25) is 12.0 Å². The minimum absolute atomic E-state index is 0.701. The van der Waals surface area contributed by atoms with Crippen LogP contribution in [0.25, 0.3) is 0 Å². The predicted octanol–water partition coefficient (Wildman–Crippen LogP) is 2.46. The maximum atomic E-state index is 5.82. The zero-order valence-corrected chi connectivity index (χ0v) is 11.4. The van der Waals surface area contributed by atoms with E-state index in [1.165, 1.54) is 0 Å². The molecule has 0 aromatic heterocycles. The molecule has 0 atom stereocenters. The molecule has 0 spiro atoms. The molecule has 0 fully saturated rings.